The van der Waals surface area contributed by atoms with Crippen LogP contribution in [0.3, 0.4) is 0 Å². The average molecular weight is 340 g/mol. The van der Waals surface area contributed by atoms with E-state index in [1.165, 1.54) is 13.2 Å². The van der Waals surface area contributed by atoms with E-state index in [1.807, 2.05) is 13.8 Å². The Morgan fingerprint density at radius 3 is 2.61 bits per heavy atom. The molecule has 0 saturated heterocycles. The van der Waals surface area contributed by atoms with E-state index in [0.717, 1.165) is 15.4 Å². The second-order valence-electron chi connectivity index (χ2n) is 5.18. The summed E-state index contributed by atoms with van der Waals surface area (Å²) in [6, 6.07) is 4.92. The molecular weight excluding hydrogens is 316 g/mol. The van der Waals surface area contributed by atoms with Crippen molar-refractivity contribution in [3.63, 3.8) is 0 Å². The van der Waals surface area contributed by atoms with E-state index in [9.17, 15) is 13.2 Å². The van der Waals surface area contributed by atoms with Gasteiger partial charge in [-0.2, -0.15) is 4.31 Å². The third-order valence-corrected chi connectivity index (χ3v) is 5.20. The van der Waals surface area contributed by atoms with E-state index in [2.05, 4.69) is 11.9 Å². The number of hydrogen-bond acceptors (Lipinski definition) is 4. The number of aryl methyl sites for hydroxylation is 2. The fraction of sp³-hybridized carbons (Fsp3) is 0.438. The highest BCUT2D eigenvalue weighted by Gasteiger charge is 2.25. The van der Waals surface area contributed by atoms with Crippen LogP contribution in [-0.2, 0) is 19.6 Å². The summed E-state index contributed by atoms with van der Waals surface area (Å²) in [7, 11) is -2.23. The zero-order chi connectivity index (χ0) is 17.5. The predicted molar refractivity (Wildman–Crippen MR) is 89.8 cm³/mol. The van der Waals surface area contributed by atoms with Gasteiger partial charge in [-0.15, -0.1) is 6.58 Å². The van der Waals surface area contributed by atoms with Crippen molar-refractivity contribution in [3.05, 3.63) is 42.0 Å². The van der Waals surface area contributed by atoms with Crippen LogP contribution < -0.4 is 5.32 Å². The van der Waals surface area contributed by atoms with Gasteiger partial charge in [0.15, 0.2) is 0 Å². The summed E-state index contributed by atoms with van der Waals surface area (Å²) in [6.07, 6.45) is 1.46. The molecule has 1 N–H and O–H groups in total. The first-order valence-corrected chi connectivity index (χ1v) is 8.71. The highest BCUT2D eigenvalue weighted by molar-refractivity contribution is 7.89. The molecule has 1 amide bonds. The molecule has 0 unspecified atom stereocenters. The Balaban J connectivity index is 2.95. The van der Waals surface area contributed by atoms with Crippen molar-refractivity contribution in [1.82, 2.24) is 9.62 Å². The van der Waals surface area contributed by atoms with Crippen molar-refractivity contribution in [2.24, 2.45) is 0 Å². The molecule has 1 aromatic rings. The summed E-state index contributed by atoms with van der Waals surface area (Å²) in [6.45, 7) is 7.84. The number of hydrogen-bond donors (Lipinski definition) is 1. The molecule has 0 fully saturated rings. The molecule has 1 rings (SSSR count). The predicted octanol–water partition coefficient (Wildman–Crippen LogP) is 1.24. The molecule has 0 heterocycles. The molecule has 6 nitrogen and oxygen atoms in total. The summed E-state index contributed by atoms with van der Waals surface area (Å²) in [5.41, 5.74) is 1.89. The number of carbonyl (C=O) groups is 1. The highest BCUT2D eigenvalue weighted by atomic mass is 32.2. The summed E-state index contributed by atoms with van der Waals surface area (Å²) in [5, 5.41) is 2.61. The Hall–Kier alpha value is -1.70. The topological polar surface area (TPSA) is 75.7 Å². The Labute approximate surface area is 138 Å². The normalized spacial score (nSPS) is 11.5. The van der Waals surface area contributed by atoms with Gasteiger partial charge in [0.25, 0.3) is 0 Å². The number of carbonyl (C=O) groups excluding carboxylic acids is 1. The van der Waals surface area contributed by atoms with Crippen LogP contribution >= 0.6 is 0 Å². The van der Waals surface area contributed by atoms with Gasteiger partial charge in [0, 0.05) is 20.2 Å². The van der Waals surface area contributed by atoms with Gasteiger partial charge in [-0.05, 0) is 37.1 Å². The van der Waals surface area contributed by atoms with E-state index in [-0.39, 0.29) is 23.9 Å². The van der Waals surface area contributed by atoms with E-state index in [1.54, 1.807) is 18.2 Å². The standard InChI is InChI=1S/C16H24N2O4S/c1-5-9-18(12-16(19)17-8-10-22-4)23(20,21)15-7-6-13(2)14(3)11-15/h5-7,11H,1,8-10,12H2,2-4H3,(H,17,19). The first-order chi connectivity index (χ1) is 10.8. The first kappa shape index (κ1) is 19.3. The van der Waals surface area contributed by atoms with E-state index < -0.39 is 10.0 Å². The molecule has 1 aromatic carbocycles. The summed E-state index contributed by atoms with van der Waals surface area (Å²) < 4.78 is 31.4. The molecule has 0 aliphatic rings. The fourth-order valence-corrected chi connectivity index (χ4v) is 3.38. The van der Waals surface area contributed by atoms with Gasteiger partial charge in [0.2, 0.25) is 15.9 Å². The fourth-order valence-electron chi connectivity index (χ4n) is 1.92. The van der Waals surface area contributed by atoms with Crippen LogP contribution in [0.4, 0.5) is 0 Å². The monoisotopic (exact) mass is 340 g/mol. The molecule has 0 aliphatic heterocycles. The molecule has 0 atom stereocenters. The van der Waals surface area contributed by atoms with Crippen molar-refractivity contribution in [2.75, 3.05) is 33.4 Å². The minimum absolute atomic E-state index is 0.0625. The van der Waals surface area contributed by atoms with Crippen LogP contribution in [0.15, 0.2) is 35.7 Å². The molecule has 0 aromatic heterocycles. The highest BCUT2D eigenvalue weighted by Crippen LogP contribution is 2.19. The lowest BCUT2D eigenvalue weighted by Gasteiger charge is -2.20. The molecule has 0 saturated carbocycles. The van der Waals surface area contributed by atoms with Crippen LogP contribution in [-0.4, -0.2) is 52.0 Å². The number of methoxy groups -OCH3 is 1. The van der Waals surface area contributed by atoms with Gasteiger partial charge in [-0.1, -0.05) is 12.1 Å². The summed E-state index contributed by atoms with van der Waals surface area (Å²) >= 11 is 0. The van der Waals surface area contributed by atoms with Crippen molar-refractivity contribution < 1.29 is 17.9 Å². The lowest BCUT2D eigenvalue weighted by atomic mass is 10.1. The molecule has 23 heavy (non-hydrogen) atoms. The minimum atomic E-state index is -3.76. The van der Waals surface area contributed by atoms with E-state index in [4.69, 9.17) is 4.74 Å². The van der Waals surface area contributed by atoms with Gasteiger partial charge < -0.3 is 10.1 Å². The number of nitrogens with zero attached hydrogens (tertiary/aromatic N) is 1. The Morgan fingerprint density at radius 1 is 1.35 bits per heavy atom. The molecule has 7 heteroatoms. The van der Waals surface area contributed by atoms with Crippen LogP contribution in [0.1, 0.15) is 11.1 Å². The van der Waals surface area contributed by atoms with Gasteiger partial charge in [-0.25, -0.2) is 8.42 Å². The van der Waals surface area contributed by atoms with Crippen molar-refractivity contribution >= 4 is 15.9 Å². The molecule has 0 radical (unpaired) electrons. The van der Waals surface area contributed by atoms with Gasteiger partial charge in [0.05, 0.1) is 18.0 Å². The maximum atomic E-state index is 12.7. The third-order valence-electron chi connectivity index (χ3n) is 3.40. The van der Waals surface area contributed by atoms with Crippen LogP contribution in [0.2, 0.25) is 0 Å². The maximum Gasteiger partial charge on any atom is 0.243 e. The number of amides is 1. The van der Waals surface area contributed by atoms with Crippen molar-refractivity contribution in [2.45, 2.75) is 18.7 Å². The number of rotatable bonds is 9. The van der Waals surface area contributed by atoms with Crippen LogP contribution in [0.25, 0.3) is 0 Å². The van der Waals surface area contributed by atoms with Crippen LogP contribution in [0.5, 0.6) is 0 Å². The molecular formula is C16H24N2O4S. The minimum Gasteiger partial charge on any atom is -0.383 e. The number of nitrogens with one attached hydrogen (secondary N) is 1. The van der Waals surface area contributed by atoms with Crippen molar-refractivity contribution in [3.8, 4) is 0 Å². The Morgan fingerprint density at radius 2 is 2.04 bits per heavy atom. The zero-order valence-electron chi connectivity index (χ0n) is 13.8. The van der Waals surface area contributed by atoms with E-state index >= 15 is 0 Å². The quantitative estimate of drug-likeness (QED) is 0.542. The number of sulfonamides is 1. The molecule has 0 aliphatic carbocycles. The second-order valence-corrected chi connectivity index (χ2v) is 7.11. The second kappa shape index (κ2) is 8.81. The largest absolute Gasteiger partial charge is 0.383 e. The smallest absolute Gasteiger partial charge is 0.243 e. The van der Waals surface area contributed by atoms with E-state index in [0.29, 0.717) is 13.2 Å². The average Bonchev–Trinajstić information content (AvgIpc) is 2.49. The lowest BCUT2D eigenvalue weighted by Crippen LogP contribution is -2.41. The first-order valence-electron chi connectivity index (χ1n) is 7.27. The summed E-state index contributed by atoms with van der Waals surface area (Å²) in [5.74, 6) is -0.378. The lowest BCUT2D eigenvalue weighted by molar-refractivity contribution is -0.121. The third kappa shape index (κ3) is 5.46. The van der Waals surface area contributed by atoms with Gasteiger partial charge in [0.1, 0.15) is 0 Å². The maximum absolute atomic E-state index is 12.7. The Bertz CT molecular complexity index is 656. The van der Waals surface area contributed by atoms with Crippen molar-refractivity contribution in [1.29, 1.82) is 0 Å². The SMILES string of the molecule is C=CCN(CC(=O)NCCOC)S(=O)(=O)c1ccc(C)c(C)c1. The number of ether oxygens (including phenoxy) is 1. The molecule has 128 valence electrons. The molecule has 0 spiro atoms. The van der Waals surface area contributed by atoms with Gasteiger partial charge >= 0.3 is 0 Å². The zero-order valence-corrected chi connectivity index (χ0v) is 14.6. The number of benzene rings is 1. The molecule has 0 bridgehead atoms. The summed E-state index contributed by atoms with van der Waals surface area (Å²) in [4.78, 5) is 12.1. The van der Waals surface area contributed by atoms with Crippen LogP contribution in [0, 0.1) is 13.8 Å². The van der Waals surface area contributed by atoms with Gasteiger partial charge in [-0.3, -0.25) is 4.79 Å². The Kier molecular flexibility index (Phi) is 7.41.